The molecule has 0 aliphatic carbocycles. The van der Waals surface area contributed by atoms with E-state index in [-0.39, 0.29) is 5.91 Å². The zero-order valence-corrected chi connectivity index (χ0v) is 18.5. The van der Waals surface area contributed by atoms with Crippen molar-refractivity contribution in [1.82, 2.24) is 9.88 Å². The van der Waals surface area contributed by atoms with Crippen molar-refractivity contribution in [3.8, 4) is 0 Å². The molecule has 6 heteroatoms. The van der Waals surface area contributed by atoms with Crippen LogP contribution in [0.1, 0.15) is 27.9 Å². The van der Waals surface area contributed by atoms with E-state index in [1.54, 1.807) is 6.20 Å². The standard InChI is InChI=1S/C25H27ClN4O/c1-19-7-2-4-9-22(19)25(31)28-21-11-12-24(27-17-21)30-14-6-13-29(15-16-30)18-20-8-3-5-10-23(20)26/h2-5,7-12,17H,6,13-16,18H2,1H3,(H,28,31). The molecular formula is C25H27ClN4O. The molecule has 31 heavy (non-hydrogen) atoms. The van der Waals surface area contributed by atoms with Crippen LogP contribution in [0, 0.1) is 6.92 Å². The largest absolute Gasteiger partial charge is 0.355 e. The summed E-state index contributed by atoms with van der Waals surface area (Å²) in [6, 6.07) is 19.5. The van der Waals surface area contributed by atoms with Crippen LogP contribution >= 0.6 is 11.6 Å². The third kappa shape index (κ3) is 5.43. The summed E-state index contributed by atoms with van der Waals surface area (Å²) in [4.78, 5) is 21.9. The predicted octanol–water partition coefficient (Wildman–Crippen LogP) is 5.01. The fourth-order valence-corrected chi connectivity index (χ4v) is 4.09. The molecule has 0 bridgehead atoms. The normalized spacial score (nSPS) is 14.8. The summed E-state index contributed by atoms with van der Waals surface area (Å²) in [5.74, 6) is 0.825. The van der Waals surface area contributed by atoms with Gasteiger partial charge in [0.2, 0.25) is 0 Å². The molecule has 1 fully saturated rings. The highest BCUT2D eigenvalue weighted by Gasteiger charge is 2.17. The predicted molar refractivity (Wildman–Crippen MR) is 127 cm³/mol. The lowest BCUT2D eigenvalue weighted by molar-refractivity contribution is 0.102. The Morgan fingerprint density at radius 2 is 1.81 bits per heavy atom. The van der Waals surface area contributed by atoms with Crippen molar-refractivity contribution < 1.29 is 4.79 Å². The maximum absolute atomic E-state index is 12.5. The highest BCUT2D eigenvalue weighted by Crippen LogP contribution is 2.20. The topological polar surface area (TPSA) is 48.5 Å². The van der Waals surface area contributed by atoms with Gasteiger partial charge in [0.25, 0.3) is 5.91 Å². The molecule has 0 radical (unpaired) electrons. The van der Waals surface area contributed by atoms with Gasteiger partial charge in [0.15, 0.2) is 0 Å². The van der Waals surface area contributed by atoms with E-state index < -0.39 is 0 Å². The lowest BCUT2D eigenvalue weighted by atomic mass is 10.1. The zero-order chi connectivity index (χ0) is 21.6. The Balaban J connectivity index is 1.35. The van der Waals surface area contributed by atoms with Gasteiger partial charge in [-0.25, -0.2) is 4.98 Å². The van der Waals surface area contributed by atoms with E-state index >= 15 is 0 Å². The Labute approximate surface area is 188 Å². The van der Waals surface area contributed by atoms with Crippen LogP contribution < -0.4 is 10.2 Å². The van der Waals surface area contributed by atoms with Crippen molar-refractivity contribution in [2.75, 3.05) is 36.4 Å². The minimum absolute atomic E-state index is 0.113. The molecule has 0 saturated carbocycles. The molecule has 0 spiro atoms. The number of carbonyl (C=O) groups is 1. The molecule has 2 aromatic carbocycles. The number of amides is 1. The number of hydrogen-bond donors (Lipinski definition) is 1. The van der Waals surface area contributed by atoms with Crippen molar-refractivity contribution in [3.63, 3.8) is 0 Å². The van der Waals surface area contributed by atoms with Crippen LogP contribution in [0.5, 0.6) is 0 Å². The summed E-state index contributed by atoms with van der Waals surface area (Å²) in [5, 5.41) is 3.77. The first-order chi connectivity index (χ1) is 15.1. The van der Waals surface area contributed by atoms with Crippen molar-refractivity contribution in [2.24, 2.45) is 0 Å². The molecule has 1 saturated heterocycles. The summed E-state index contributed by atoms with van der Waals surface area (Å²) >= 11 is 6.33. The lowest BCUT2D eigenvalue weighted by Crippen LogP contribution is -2.31. The minimum Gasteiger partial charge on any atom is -0.355 e. The van der Waals surface area contributed by atoms with E-state index in [4.69, 9.17) is 11.6 Å². The lowest BCUT2D eigenvalue weighted by Gasteiger charge is -2.23. The van der Waals surface area contributed by atoms with Gasteiger partial charge in [-0.1, -0.05) is 48.0 Å². The average Bonchev–Trinajstić information content (AvgIpc) is 3.02. The third-order valence-electron chi connectivity index (χ3n) is 5.66. The van der Waals surface area contributed by atoms with Crippen LogP contribution in [0.4, 0.5) is 11.5 Å². The van der Waals surface area contributed by atoms with Crippen LogP contribution in [-0.4, -0.2) is 42.0 Å². The molecule has 1 aliphatic heterocycles. The Kier molecular flexibility index (Phi) is 6.85. The maximum atomic E-state index is 12.5. The Bertz CT molecular complexity index is 1040. The number of aryl methyl sites for hydroxylation is 1. The van der Waals surface area contributed by atoms with Crippen LogP contribution in [0.25, 0.3) is 0 Å². The van der Waals surface area contributed by atoms with Crippen LogP contribution in [0.3, 0.4) is 0 Å². The molecule has 4 rings (SSSR count). The van der Waals surface area contributed by atoms with Gasteiger partial charge in [-0.3, -0.25) is 9.69 Å². The smallest absolute Gasteiger partial charge is 0.255 e. The zero-order valence-electron chi connectivity index (χ0n) is 17.7. The van der Waals surface area contributed by atoms with Crippen molar-refractivity contribution in [2.45, 2.75) is 19.9 Å². The number of anilines is 2. The fraction of sp³-hybridized carbons (Fsp3) is 0.280. The van der Waals surface area contributed by atoms with Gasteiger partial charge in [-0.15, -0.1) is 0 Å². The summed E-state index contributed by atoms with van der Waals surface area (Å²) in [6.07, 6.45) is 2.80. The third-order valence-corrected chi connectivity index (χ3v) is 6.03. The summed E-state index contributed by atoms with van der Waals surface area (Å²) in [5.41, 5.74) is 3.50. The molecule has 3 aromatic rings. The van der Waals surface area contributed by atoms with E-state index in [0.29, 0.717) is 11.3 Å². The van der Waals surface area contributed by atoms with Crippen molar-refractivity contribution >= 4 is 29.0 Å². The molecule has 0 unspecified atom stereocenters. The number of halogens is 1. The minimum atomic E-state index is -0.113. The van der Waals surface area contributed by atoms with Gasteiger partial charge in [0.1, 0.15) is 5.82 Å². The second-order valence-electron chi connectivity index (χ2n) is 7.88. The molecular weight excluding hydrogens is 408 g/mol. The molecule has 1 N–H and O–H groups in total. The molecule has 2 heterocycles. The highest BCUT2D eigenvalue weighted by atomic mass is 35.5. The average molecular weight is 435 g/mol. The summed E-state index contributed by atoms with van der Waals surface area (Å²) in [7, 11) is 0. The summed E-state index contributed by atoms with van der Waals surface area (Å²) in [6.45, 7) is 6.66. The van der Waals surface area contributed by atoms with Gasteiger partial charge in [0, 0.05) is 43.3 Å². The van der Waals surface area contributed by atoms with E-state index in [2.05, 4.69) is 26.2 Å². The quantitative estimate of drug-likeness (QED) is 0.613. The second kappa shape index (κ2) is 9.94. The Morgan fingerprint density at radius 1 is 1.00 bits per heavy atom. The monoisotopic (exact) mass is 434 g/mol. The highest BCUT2D eigenvalue weighted by molar-refractivity contribution is 6.31. The molecule has 160 valence electrons. The Morgan fingerprint density at radius 3 is 2.58 bits per heavy atom. The van der Waals surface area contributed by atoms with Crippen LogP contribution in [0.2, 0.25) is 5.02 Å². The first-order valence-corrected chi connectivity index (χ1v) is 11.0. The van der Waals surface area contributed by atoms with Gasteiger partial charge < -0.3 is 10.2 Å². The van der Waals surface area contributed by atoms with E-state index in [9.17, 15) is 4.79 Å². The first kappa shape index (κ1) is 21.3. The number of carbonyl (C=O) groups excluding carboxylic acids is 1. The fourth-order valence-electron chi connectivity index (χ4n) is 3.90. The van der Waals surface area contributed by atoms with Gasteiger partial charge in [0.05, 0.1) is 11.9 Å². The second-order valence-corrected chi connectivity index (χ2v) is 8.29. The first-order valence-electron chi connectivity index (χ1n) is 10.6. The van der Waals surface area contributed by atoms with Gasteiger partial charge in [-0.2, -0.15) is 0 Å². The number of nitrogens with zero attached hydrogens (tertiary/aromatic N) is 3. The van der Waals surface area contributed by atoms with Crippen molar-refractivity contribution in [3.05, 3.63) is 88.6 Å². The molecule has 1 aromatic heterocycles. The van der Waals surface area contributed by atoms with Gasteiger partial charge in [-0.05, 0) is 48.7 Å². The van der Waals surface area contributed by atoms with E-state index in [1.165, 1.54) is 5.56 Å². The molecule has 1 amide bonds. The summed E-state index contributed by atoms with van der Waals surface area (Å²) < 4.78 is 0. The number of aromatic nitrogens is 1. The van der Waals surface area contributed by atoms with Gasteiger partial charge >= 0.3 is 0 Å². The molecule has 0 atom stereocenters. The van der Waals surface area contributed by atoms with Crippen LogP contribution in [0.15, 0.2) is 66.9 Å². The SMILES string of the molecule is Cc1ccccc1C(=O)Nc1ccc(N2CCCN(Cc3ccccc3Cl)CC2)nc1. The maximum Gasteiger partial charge on any atom is 0.255 e. The number of pyridine rings is 1. The number of benzene rings is 2. The number of hydrogen-bond acceptors (Lipinski definition) is 4. The number of nitrogens with one attached hydrogen (secondary N) is 1. The molecule has 1 aliphatic rings. The number of rotatable bonds is 5. The molecule has 5 nitrogen and oxygen atoms in total. The van der Waals surface area contributed by atoms with Crippen LogP contribution in [-0.2, 0) is 6.54 Å². The van der Waals surface area contributed by atoms with E-state index in [0.717, 1.165) is 55.5 Å². The van der Waals surface area contributed by atoms with E-state index in [1.807, 2.05) is 61.5 Å². The van der Waals surface area contributed by atoms with Crippen molar-refractivity contribution in [1.29, 1.82) is 0 Å². The Hall–Kier alpha value is -2.89.